The Hall–Kier alpha value is -2.57. The minimum atomic E-state index is -0.611. The first-order valence-corrected chi connectivity index (χ1v) is 7.53. The SMILES string of the molecule is Cc1ccc(OC(=O)N2CCN3C(=O)CN(C)C(=O)[C@H]3C2)cc1. The average Bonchev–Trinajstić information content (AvgIpc) is 2.54. The lowest BCUT2D eigenvalue weighted by Gasteiger charge is -2.44. The van der Waals surface area contributed by atoms with Crippen LogP contribution in [0.4, 0.5) is 4.79 Å². The molecule has 2 heterocycles. The van der Waals surface area contributed by atoms with Gasteiger partial charge in [0.15, 0.2) is 0 Å². The number of hydrogen-bond donors (Lipinski definition) is 0. The summed E-state index contributed by atoms with van der Waals surface area (Å²) < 4.78 is 5.34. The standard InChI is InChI=1S/C16H19N3O4/c1-11-3-5-12(6-4-11)23-16(22)18-7-8-19-13(9-18)15(21)17(2)10-14(19)20/h3-6,13H,7-10H2,1-2H3/t13-/m1/s1. The second-order valence-electron chi connectivity index (χ2n) is 5.92. The summed E-state index contributed by atoms with van der Waals surface area (Å²) in [7, 11) is 1.60. The third-order valence-corrected chi connectivity index (χ3v) is 4.22. The lowest BCUT2D eigenvalue weighted by molar-refractivity contribution is -0.157. The smallest absolute Gasteiger partial charge is 0.410 e. The van der Waals surface area contributed by atoms with E-state index in [9.17, 15) is 14.4 Å². The van der Waals surface area contributed by atoms with Crippen LogP contribution < -0.4 is 4.74 Å². The molecular weight excluding hydrogens is 298 g/mol. The minimum Gasteiger partial charge on any atom is -0.410 e. The lowest BCUT2D eigenvalue weighted by Crippen LogP contribution is -2.66. The maximum absolute atomic E-state index is 12.3. The molecule has 0 bridgehead atoms. The van der Waals surface area contributed by atoms with Gasteiger partial charge in [0, 0.05) is 20.1 Å². The highest BCUT2D eigenvalue weighted by Gasteiger charge is 2.42. The van der Waals surface area contributed by atoms with E-state index in [0.29, 0.717) is 18.8 Å². The summed E-state index contributed by atoms with van der Waals surface area (Å²) in [6.07, 6.45) is -0.498. The number of hydrogen-bond acceptors (Lipinski definition) is 4. The molecule has 7 nitrogen and oxygen atoms in total. The number of rotatable bonds is 1. The van der Waals surface area contributed by atoms with Gasteiger partial charge in [-0.05, 0) is 19.1 Å². The van der Waals surface area contributed by atoms with Gasteiger partial charge in [-0.25, -0.2) is 4.79 Å². The van der Waals surface area contributed by atoms with E-state index in [1.54, 1.807) is 24.1 Å². The van der Waals surface area contributed by atoms with Gasteiger partial charge in [-0.1, -0.05) is 17.7 Å². The maximum Gasteiger partial charge on any atom is 0.415 e. The molecule has 0 spiro atoms. The van der Waals surface area contributed by atoms with Crippen molar-refractivity contribution < 1.29 is 19.1 Å². The maximum atomic E-state index is 12.3. The summed E-state index contributed by atoms with van der Waals surface area (Å²) in [4.78, 5) is 40.9. The van der Waals surface area contributed by atoms with Crippen LogP contribution in [0.15, 0.2) is 24.3 Å². The number of carbonyl (C=O) groups is 3. The topological polar surface area (TPSA) is 70.2 Å². The van der Waals surface area contributed by atoms with Crippen molar-refractivity contribution in [1.82, 2.24) is 14.7 Å². The molecule has 1 atom stereocenters. The van der Waals surface area contributed by atoms with Crippen molar-refractivity contribution in [2.75, 3.05) is 33.2 Å². The number of piperazine rings is 2. The first-order valence-electron chi connectivity index (χ1n) is 7.53. The fourth-order valence-electron chi connectivity index (χ4n) is 2.86. The fourth-order valence-corrected chi connectivity index (χ4v) is 2.86. The third kappa shape index (κ3) is 2.99. The second-order valence-corrected chi connectivity index (χ2v) is 5.92. The van der Waals surface area contributed by atoms with E-state index >= 15 is 0 Å². The summed E-state index contributed by atoms with van der Waals surface area (Å²) >= 11 is 0. The molecular formula is C16H19N3O4. The van der Waals surface area contributed by atoms with Gasteiger partial charge < -0.3 is 19.4 Å². The molecule has 0 N–H and O–H groups in total. The predicted molar refractivity (Wildman–Crippen MR) is 81.9 cm³/mol. The van der Waals surface area contributed by atoms with Crippen LogP contribution in [0.3, 0.4) is 0 Å². The van der Waals surface area contributed by atoms with Crippen LogP contribution in [-0.2, 0) is 9.59 Å². The number of nitrogens with zero attached hydrogens (tertiary/aromatic N) is 3. The molecule has 23 heavy (non-hydrogen) atoms. The van der Waals surface area contributed by atoms with E-state index in [1.807, 2.05) is 19.1 Å². The molecule has 2 fully saturated rings. The van der Waals surface area contributed by atoms with Crippen LogP contribution >= 0.6 is 0 Å². The van der Waals surface area contributed by atoms with Crippen LogP contribution in [0.1, 0.15) is 5.56 Å². The number of carbonyl (C=O) groups excluding carboxylic acids is 3. The number of amides is 3. The van der Waals surface area contributed by atoms with Crippen molar-refractivity contribution in [1.29, 1.82) is 0 Å². The summed E-state index contributed by atoms with van der Waals surface area (Å²) in [5.74, 6) is 0.243. The van der Waals surface area contributed by atoms with Crippen molar-refractivity contribution in [3.63, 3.8) is 0 Å². The summed E-state index contributed by atoms with van der Waals surface area (Å²) in [5, 5.41) is 0. The van der Waals surface area contributed by atoms with Crippen molar-refractivity contribution in [3.8, 4) is 5.75 Å². The Kier molecular flexibility index (Phi) is 3.94. The molecule has 7 heteroatoms. The van der Waals surface area contributed by atoms with E-state index in [1.165, 1.54) is 9.80 Å². The number of benzene rings is 1. The Morgan fingerprint density at radius 1 is 1.17 bits per heavy atom. The number of fused-ring (bicyclic) bond motifs is 1. The second kappa shape index (κ2) is 5.91. The molecule has 2 aliphatic heterocycles. The molecule has 0 radical (unpaired) electrons. The van der Waals surface area contributed by atoms with Crippen molar-refractivity contribution in [2.24, 2.45) is 0 Å². The van der Waals surface area contributed by atoms with Gasteiger partial charge in [0.05, 0.1) is 13.1 Å². The first kappa shape index (κ1) is 15.3. The lowest BCUT2D eigenvalue weighted by atomic mass is 10.1. The Labute approximate surface area is 134 Å². The van der Waals surface area contributed by atoms with E-state index in [4.69, 9.17) is 4.74 Å². The molecule has 2 saturated heterocycles. The van der Waals surface area contributed by atoms with E-state index in [0.717, 1.165) is 5.56 Å². The van der Waals surface area contributed by atoms with Crippen LogP contribution in [0.2, 0.25) is 0 Å². The van der Waals surface area contributed by atoms with Crippen LogP contribution in [-0.4, -0.2) is 71.9 Å². The Morgan fingerprint density at radius 3 is 2.57 bits per heavy atom. The highest BCUT2D eigenvalue weighted by molar-refractivity contribution is 5.95. The number of ether oxygens (including phenoxy) is 1. The number of aryl methyl sites for hydroxylation is 1. The zero-order valence-corrected chi connectivity index (χ0v) is 13.2. The highest BCUT2D eigenvalue weighted by atomic mass is 16.6. The Bertz CT molecular complexity index is 643. The van der Waals surface area contributed by atoms with E-state index in [2.05, 4.69) is 0 Å². The van der Waals surface area contributed by atoms with Gasteiger partial charge in [-0.2, -0.15) is 0 Å². The molecule has 3 rings (SSSR count). The van der Waals surface area contributed by atoms with E-state index < -0.39 is 12.1 Å². The zero-order valence-electron chi connectivity index (χ0n) is 13.2. The van der Waals surface area contributed by atoms with Gasteiger partial charge in [0.25, 0.3) is 0 Å². The molecule has 122 valence electrons. The van der Waals surface area contributed by atoms with Crippen LogP contribution in [0.25, 0.3) is 0 Å². The van der Waals surface area contributed by atoms with Crippen molar-refractivity contribution in [2.45, 2.75) is 13.0 Å². The average molecular weight is 317 g/mol. The van der Waals surface area contributed by atoms with Gasteiger partial charge in [-0.15, -0.1) is 0 Å². The molecule has 0 saturated carbocycles. The van der Waals surface area contributed by atoms with Crippen molar-refractivity contribution in [3.05, 3.63) is 29.8 Å². The van der Waals surface area contributed by atoms with Crippen molar-refractivity contribution >= 4 is 17.9 Å². The molecule has 1 aromatic carbocycles. The Morgan fingerprint density at radius 2 is 1.87 bits per heavy atom. The van der Waals surface area contributed by atoms with Gasteiger partial charge in [0.1, 0.15) is 11.8 Å². The Balaban J connectivity index is 1.67. The summed E-state index contributed by atoms with van der Waals surface area (Å²) in [5.41, 5.74) is 1.08. The fraction of sp³-hybridized carbons (Fsp3) is 0.438. The molecule has 0 aliphatic carbocycles. The first-order chi connectivity index (χ1) is 11.0. The summed E-state index contributed by atoms with van der Waals surface area (Å²) in [6, 6.07) is 6.57. The molecule has 2 aliphatic rings. The molecule has 0 aromatic heterocycles. The monoisotopic (exact) mass is 317 g/mol. The van der Waals surface area contributed by atoms with Gasteiger partial charge in [0.2, 0.25) is 11.8 Å². The molecule has 1 aromatic rings. The number of likely N-dealkylation sites (N-methyl/N-ethyl adjacent to an activating group) is 1. The highest BCUT2D eigenvalue weighted by Crippen LogP contribution is 2.19. The van der Waals surface area contributed by atoms with Gasteiger partial charge in [-0.3, -0.25) is 9.59 Å². The normalized spacial score (nSPS) is 21.3. The van der Waals surface area contributed by atoms with E-state index in [-0.39, 0.29) is 24.9 Å². The van der Waals surface area contributed by atoms with Crippen LogP contribution in [0, 0.1) is 6.92 Å². The quantitative estimate of drug-likeness (QED) is 0.755. The summed E-state index contributed by atoms with van der Waals surface area (Å²) in [6.45, 7) is 2.94. The van der Waals surface area contributed by atoms with Gasteiger partial charge >= 0.3 is 6.09 Å². The minimum absolute atomic E-state index is 0.0800. The zero-order chi connectivity index (χ0) is 16.6. The molecule has 0 unspecified atom stereocenters. The van der Waals surface area contributed by atoms with Crippen LogP contribution in [0.5, 0.6) is 5.75 Å². The molecule has 3 amide bonds. The third-order valence-electron chi connectivity index (χ3n) is 4.22. The largest absolute Gasteiger partial charge is 0.415 e. The predicted octanol–water partition coefficient (Wildman–Crippen LogP) is 0.479.